The first kappa shape index (κ1) is 24.1. The minimum absolute atomic E-state index is 0.205. The van der Waals surface area contributed by atoms with Gasteiger partial charge < -0.3 is 10.6 Å². The summed E-state index contributed by atoms with van der Waals surface area (Å²) in [5.74, 6) is -0.414. The summed E-state index contributed by atoms with van der Waals surface area (Å²) >= 11 is 1.19. The van der Waals surface area contributed by atoms with Crippen molar-refractivity contribution in [3.8, 4) is 0 Å². The Morgan fingerprint density at radius 3 is 2.38 bits per heavy atom. The summed E-state index contributed by atoms with van der Waals surface area (Å²) in [6, 6.07) is 19.6. The van der Waals surface area contributed by atoms with Gasteiger partial charge in [-0.2, -0.15) is 4.31 Å². The fourth-order valence-corrected chi connectivity index (χ4v) is 6.89. The summed E-state index contributed by atoms with van der Waals surface area (Å²) in [4.78, 5) is 25.9. The minimum atomic E-state index is -3.58. The summed E-state index contributed by atoms with van der Waals surface area (Å²) in [6.07, 6.45) is 0.701. The molecule has 1 fully saturated rings. The fraction of sp³-hybridized carbons (Fsp3) is 0.280. The third-order valence-electron chi connectivity index (χ3n) is 6.15. The topological polar surface area (TPSA) is 95.6 Å². The number of hydrogen-bond acceptors (Lipinski definition) is 5. The Morgan fingerprint density at radius 1 is 1.00 bits per heavy atom. The summed E-state index contributed by atoms with van der Waals surface area (Å²) in [6.45, 7) is 2.83. The standard InChI is InChI=1S/C25H27N3O4S2/c1-2-26-23(29)19-8-6-11-21(18-19)27-24(30)25(20-9-4-3-5-10-20)13-15-28(16-14-25)34(31,32)22-12-7-17-33-22/h3-12,17-18H,2,13-16H2,1H3,(H,26,29)(H,27,30). The Hall–Kier alpha value is -3.01. The summed E-state index contributed by atoms with van der Waals surface area (Å²) in [5.41, 5.74) is 0.952. The third-order valence-corrected chi connectivity index (χ3v) is 9.42. The molecule has 0 spiro atoms. The van der Waals surface area contributed by atoms with Crippen molar-refractivity contribution in [2.24, 2.45) is 0 Å². The van der Waals surface area contributed by atoms with Crippen LogP contribution < -0.4 is 10.6 Å². The molecule has 2 heterocycles. The molecule has 7 nitrogen and oxygen atoms in total. The Labute approximate surface area is 203 Å². The molecule has 2 aromatic carbocycles. The van der Waals surface area contributed by atoms with Crippen molar-refractivity contribution in [3.63, 3.8) is 0 Å². The lowest BCUT2D eigenvalue weighted by Crippen LogP contribution is -2.50. The van der Waals surface area contributed by atoms with Crippen molar-refractivity contribution in [2.75, 3.05) is 25.0 Å². The van der Waals surface area contributed by atoms with Crippen LogP contribution in [0.25, 0.3) is 0 Å². The number of rotatable bonds is 7. The van der Waals surface area contributed by atoms with Crippen molar-refractivity contribution in [1.29, 1.82) is 0 Å². The zero-order valence-electron chi connectivity index (χ0n) is 18.9. The van der Waals surface area contributed by atoms with E-state index in [9.17, 15) is 18.0 Å². The molecule has 0 unspecified atom stereocenters. The number of thiophene rings is 1. The van der Waals surface area contributed by atoms with Gasteiger partial charge in [0.05, 0.1) is 5.41 Å². The Bertz CT molecular complexity index is 1250. The average Bonchev–Trinajstić information content (AvgIpc) is 3.41. The van der Waals surface area contributed by atoms with Crippen LogP contribution in [0.15, 0.2) is 76.3 Å². The molecule has 0 atom stereocenters. The monoisotopic (exact) mass is 497 g/mol. The summed E-state index contributed by atoms with van der Waals surface area (Å²) < 4.78 is 27.8. The first-order valence-corrected chi connectivity index (χ1v) is 13.5. The maximum Gasteiger partial charge on any atom is 0.252 e. The van der Waals surface area contributed by atoms with Gasteiger partial charge in [0, 0.05) is 30.9 Å². The quantitative estimate of drug-likeness (QED) is 0.518. The van der Waals surface area contributed by atoms with Crippen molar-refractivity contribution >= 4 is 38.9 Å². The molecule has 0 aliphatic carbocycles. The maximum atomic E-state index is 13.7. The highest BCUT2D eigenvalue weighted by atomic mass is 32.2. The summed E-state index contributed by atoms with van der Waals surface area (Å²) in [7, 11) is -3.58. The number of hydrogen-bond donors (Lipinski definition) is 2. The van der Waals surface area contributed by atoms with Crippen LogP contribution in [0.4, 0.5) is 5.69 Å². The van der Waals surface area contributed by atoms with E-state index in [1.807, 2.05) is 37.3 Å². The van der Waals surface area contributed by atoms with E-state index in [4.69, 9.17) is 0 Å². The number of anilines is 1. The van der Waals surface area contributed by atoms with E-state index in [-0.39, 0.29) is 24.9 Å². The zero-order valence-corrected chi connectivity index (χ0v) is 20.5. The van der Waals surface area contributed by atoms with Gasteiger partial charge in [-0.1, -0.05) is 42.5 Å². The predicted molar refractivity (Wildman–Crippen MR) is 134 cm³/mol. The highest BCUT2D eigenvalue weighted by Gasteiger charge is 2.45. The molecule has 178 valence electrons. The van der Waals surface area contributed by atoms with E-state index in [2.05, 4.69) is 10.6 Å². The second-order valence-electron chi connectivity index (χ2n) is 8.18. The number of nitrogens with one attached hydrogen (secondary N) is 2. The van der Waals surface area contributed by atoms with Crippen LogP contribution in [0.5, 0.6) is 0 Å². The number of carbonyl (C=O) groups excluding carboxylic acids is 2. The Morgan fingerprint density at radius 2 is 1.74 bits per heavy atom. The molecule has 3 aromatic rings. The smallest absolute Gasteiger partial charge is 0.252 e. The van der Waals surface area contributed by atoms with Gasteiger partial charge in [0.25, 0.3) is 15.9 Å². The van der Waals surface area contributed by atoms with Gasteiger partial charge in [-0.15, -0.1) is 11.3 Å². The molecule has 1 aromatic heterocycles. The minimum Gasteiger partial charge on any atom is -0.352 e. The van der Waals surface area contributed by atoms with E-state index in [1.54, 1.807) is 41.8 Å². The lowest BCUT2D eigenvalue weighted by Gasteiger charge is -2.40. The number of carbonyl (C=O) groups is 2. The summed E-state index contributed by atoms with van der Waals surface area (Å²) in [5, 5.41) is 7.48. The van der Waals surface area contributed by atoms with Crippen LogP contribution >= 0.6 is 11.3 Å². The van der Waals surface area contributed by atoms with Crippen molar-refractivity contribution in [1.82, 2.24) is 9.62 Å². The molecule has 0 radical (unpaired) electrons. The van der Waals surface area contributed by atoms with E-state index < -0.39 is 15.4 Å². The van der Waals surface area contributed by atoms with Gasteiger partial charge in [0.1, 0.15) is 4.21 Å². The van der Waals surface area contributed by atoms with E-state index in [0.717, 1.165) is 5.56 Å². The first-order chi connectivity index (χ1) is 16.4. The molecule has 4 rings (SSSR count). The van der Waals surface area contributed by atoms with Gasteiger partial charge in [0.2, 0.25) is 5.91 Å². The molecule has 9 heteroatoms. The van der Waals surface area contributed by atoms with Gasteiger partial charge in [-0.05, 0) is 55.0 Å². The Balaban J connectivity index is 1.59. The second-order valence-corrected chi connectivity index (χ2v) is 11.3. The van der Waals surface area contributed by atoms with Crippen LogP contribution in [0.2, 0.25) is 0 Å². The molecule has 0 bridgehead atoms. The molecular weight excluding hydrogens is 470 g/mol. The van der Waals surface area contributed by atoms with Crippen LogP contribution in [-0.4, -0.2) is 44.2 Å². The second kappa shape index (κ2) is 10.1. The van der Waals surface area contributed by atoms with Gasteiger partial charge >= 0.3 is 0 Å². The highest BCUT2D eigenvalue weighted by molar-refractivity contribution is 7.91. The van der Waals surface area contributed by atoms with Gasteiger partial charge in [-0.3, -0.25) is 9.59 Å². The van der Waals surface area contributed by atoms with E-state index in [0.29, 0.717) is 34.8 Å². The number of nitrogens with zero attached hydrogens (tertiary/aromatic N) is 1. The highest BCUT2D eigenvalue weighted by Crippen LogP contribution is 2.38. The van der Waals surface area contributed by atoms with E-state index in [1.165, 1.54) is 15.6 Å². The molecular formula is C25H27N3O4S2. The third kappa shape index (κ3) is 4.77. The van der Waals surface area contributed by atoms with Crippen molar-refractivity contribution < 1.29 is 18.0 Å². The van der Waals surface area contributed by atoms with Gasteiger partial charge in [0.15, 0.2) is 0 Å². The Kier molecular flexibility index (Phi) is 7.16. The molecule has 1 aliphatic rings. The normalized spacial score (nSPS) is 16.0. The number of piperidine rings is 1. The predicted octanol–water partition coefficient (Wildman–Crippen LogP) is 3.86. The van der Waals surface area contributed by atoms with Crippen LogP contribution in [0.3, 0.4) is 0 Å². The lowest BCUT2D eigenvalue weighted by atomic mass is 9.72. The van der Waals surface area contributed by atoms with E-state index >= 15 is 0 Å². The zero-order chi connectivity index (χ0) is 24.2. The van der Waals surface area contributed by atoms with Crippen LogP contribution in [0.1, 0.15) is 35.7 Å². The molecule has 0 saturated carbocycles. The molecule has 1 aliphatic heterocycles. The van der Waals surface area contributed by atoms with Crippen molar-refractivity contribution in [3.05, 3.63) is 83.2 Å². The van der Waals surface area contributed by atoms with Crippen LogP contribution in [-0.2, 0) is 20.2 Å². The number of benzene rings is 2. The first-order valence-electron chi connectivity index (χ1n) is 11.2. The number of sulfonamides is 1. The van der Waals surface area contributed by atoms with Crippen molar-refractivity contribution in [2.45, 2.75) is 29.4 Å². The maximum absolute atomic E-state index is 13.7. The fourth-order valence-electron chi connectivity index (χ4n) is 4.30. The molecule has 1 saturated heterocycles. The lowest BCUT2D eigenvalue weighted by molar-refractivity contribution is -0.123. The molecule has 2 N–H and O–H groups in total. The average molecular weight is 498 g/mol. The molecule has 2 amide bonds. The molecule has 34 heavy (non-hydrogen) atoms. The SMILES string of the molecule is CCNC(=O)c1cccc(NC(=O)C2(c3ccccc3)CCN(S(=O)(=O)c3cccs3)CC2)c1. The number of amides is 2. The van der Waals surface area contributed by atoms with Crippen LogP contribution in [0, 0.1) is 0 Å². The largest absolute Gasteiger partial charge is 0.352 e. The van der Waals surface area contributed by atoms with Gasteiger partial charge in [-0.25, -0.2) is 8.42 Å².